The van der Waals surface area contributed by atoms with Gasteiger partial charge in [-0.15, -0.1) is 0 Å². The quantitative estimate of drug-likeness (QED) is 0.742. The average molecular weight is 445 g/mol. The van der Waals surface area contributed by atoms with E-state index in [-0.39, 0.29) is 29.6 Å². The first kappa shape index (κ1) is 22.4. The molecule has 32 heavy (non-hydrogen) atoms. The van der Waals surface area contributed by atoms with Crippen molar-refractivity contribution >= 4 is 12.0 Å². The third-order valence-corrected chi connectivity index (χ3v) is 6.11. The van der Waals surface area contributed by atoms with Gasteiger partial charge in [-0.1, -0.05) is 12.1 Å². The fraction of sp³-hybridized carbons (Fsp3) is 0.522. The Morgan fingerprint density at radius 1 is 1.31 bits per heavy atom. The van der Waals surface area contributed by atoms with Crippen LogP contribution in [0.2, 0.25) is 0 Å². The molecule has 7 nitrogen and oxygen atoms in total. The number of likely N-dealkylation sites (tertiary alicyclic amines) is 1. The third-order valence-electron chi connectivity index (χ3n) is 6.11. The van der Waals surface area contributed by atoms with Crippen molar-refractivity contribution in [2.75, 3.05) is 32.0 Å². The summed E-state index contributed by atoms with van der Waals surface area (Å²) in [4.78, 5) is 25.9. The Kier molecular flexibility index (Phi) is 6.55. The lowest BCUT2D eigenvalue weighted by Crippen LogP contribution is -2.49. The van der Waals surface area contributed by atoms with Crippen LogP contribution in [0.5, 0.6) is 0 Å². The molecule has 0 radical (unpaired) electrons. The Balaban J connectivity index is 1.45. The molecule has 9 heteroatoms. The van der Waals surface area contributed by atoms with E-state index in [4.69, 9.17) is 0 Å². The Morgan fingerprint density at radius 2 is 2.12 bits per heavy atom. The molecule has 2 aliphatic heterocycles. The molecule has 0 saturated carbocycles. The van der Waals surface area contributed by atoms with E-state index in [1.807, 2.05) is 27.1 Å². The fourth-order valence-electron chi connectivity index (χ4n) is 4.44. The number of anilines is 1. The standard InChI is InChI=1S/C23H30F2N6O/c1-14(2)27-22-26-10-17-6-7-31(13-20(17)28-22)23(32)29-21-12-30(3)11-18(21)15-4-5-16(9-24)19(25)8-15/h4-5,8,10,14,18,21H,6-7,9,11-13H2,1-3H3,(H,29,32)(H,26,27,28)/t18-,21+/m0/s1. The van der Waals surface area contributed by atoms with Crippen molar-refractivity contribution < 1.29 is 13.6 Å². The number of nitrogens with one attached hydrogen (secondary N) is 2. The second-order valence-corrected chi connectivity index (χ2v) is 9.00. The molecule has 0 aliphatic carbocycles. The molecular weight excluding hydrogens is 414 g/mol. The van der Waals surface area contributed by atoms with Gasteiger partial charge in [0.25, 0.3) is 0 Å². The molecule has 1 aromatic carbocycles. The zero-order chi connectivity index (χ0) is 22.8. The van der Waals surface area contributed by atoms with Gasteiger partial charge in [0, 0.05) is 43.4 Å². The lowest BCUT2D eigenvalue weighted by Gasteiger charge is -2.30. The zero-order valence-electron chi connectivity index (χ0n) is 18.7. The van der Waals surface area contributed by atoms with Gasteiger partial charge in [-0.25, -0.2) is 23.5 Å². The van der Waals surface area contributed by atoms with Gasteiger partial charge in [0.2, 0.25) is 5.95 Å². The van der Waals surface area contributed by atoms with Crippen LogP contribution in [0.15, 0.2) is 24.4 Å². The minimum atomic E-state index is -0.828. The number of carbonyl (C=O) groups is 1. The number of hydrogen-bond donors (Lipinski definition) is 2. The monoisotopic (exact) mass is 444 g/mol. The second kappa shape index (κ2) is 9.36. The van der Waals surface area contributed by atoms with Crippen LogP contribution in [0.1, 0.15) is 42.1 Å². The van der Waals surface area contributed by atoms with Gasteiger partial charge in [-0.2, -0.15) is 0 Å². The van der Waals surface area contributed by atoms with Gasteiger partial charge < -0.3 is 20.4 Å². The SMILES string of the molecule is CC(C)Nc1ncc2c(n1)CN(C(=O)N[C@@H]1CN(C)C[C@H]1c1ccc(CF)c(F)c1)CC2. The van der Waals surface area contributed by atoms with Gasteiger partial charge in [-0.3, -0.25) is 0 Å². The van der Waals surface area contributed by atoms with E-state index >= 15 is 0 Å². The molecule has 0 spiro atoms. The number of urea groups is 1. The molecule has 0 unspecified atom stereocenters. The summed E-state index contributed by atoms with van der Waals surface area (Å²) in [5, 5.41) is 6.34. The van der Waals surface area contributed by atoms with Crippen LogP contribution in [0.4, 0.5) is 19.5 Å². The number of fused-ring (bicyclic) bond motifs is 1. The van der Waals surface area contributed by atoms with Crippen molar-refractivity contribution in [3.05, 3.63) is 52.6 Å². The van der Waals surface area contributed by atoms with E-state index in [0.29, 0.717) is 38.5 Å². The van der Waals surface area contributed by atoms with Crippen LogP contribution in [0.3, 0.4) is 0 Å². The summed E-state index contributed by atoms with van der Waals surface area (Å²) in [7, 11) is 1.97. The molecule has 2 amide bonds. The highest BCUT2D eigenvalue weighted by atomic mass is 19.1. The molecule has 172 valence electrons. The number of benzene rings is 1. The zero-order valence-corrected chi connectivity index (χ0v) is 18.7. The van der Waals surface area contributed by atoms with Crippen molar-refractivity contribution in [1.82, 2.24) is 25.1 Å². The van der Waals surface area contributed by atoms with Crippen LogP contribution in [0, 0.1) is 5.82 Å². The molecule has 2 aromatic rings. The fourth-order valence-corrected chi connectivity index (χ4v) is 4.44. The van der Waals surface area contributed by atoms with Crippen LogP contribution >= 0.6 is 0 Å². The minimum Gasteiger partial charge on any atom is -0.352 e. The van der Waals surface area contributed by atoms with Crippen LogP contribution in [0.25, 0.3) is 0 Å². The number of halogens is 2. The number of nitrogens with zero attached hydrogens (tertiary/aromatic N) is 4. The first-order valence-electron chi connectivity index (χ1n) is 11.0. The number of likely N-dealkylation sites (N-methyl/N-ethyl adjacent to an activating group) is 1. The van der Waals surface area contributed by atoms with Gasteiger partial charge in [0.1, 0.15) is 12.5 Å². The highest BCUT2D eigenvalue weighted by Gasteiger charge is 2.35. The maximum atomic E-state index is 14.2. The molecule has 2 N–H and O–H groups in total. The Labute approximate surface area is 187 Å². The third kappa shape index (κ3) is 4.82. The smallest absolute Gasteiger partial charge is 0.318 e. The molecule has 3 heterocycles. The van der Waals surface area contributed by atoms with E-state index in [9.17, 15) is 13.6 Å². The molecule has 1 aromatic heterocycles. The van der Waals surface area contributed by atoms with Gasteiger partial charge in [0.05, 0.1) is 18.3 Å². The Hall–Kier alpha value is -2.81. The number of alkyl halides is 1. The summed E-state index contributed by atoms with van der Waals surface area (Å²) < 4.78 is 27.0. The summed E-state index contributed by atoms with van der Waals surface area (Å²) in [6.45, 7) is 5.59. The molecule has 0 bridgehead atoms. The van der Waals surface area contributed by atoms with Gasteiger partial charge in [-0.05, 0) is 44.5 Å². The molecule has 2 aliphatic rings. The van der Waals surface area contributed by atoms with E-state index in [2.05, 4.69) is 25.5 Å². The summed E-state index contributed by atoms with van der Waals surface area (Å²) in [6, 6.07) is 4.56. The summed E-state index contributed by atoms with van der Waals surface area (Å²) in [5.41, 5.74) is 2.75. The maximum Gasteiger partial charge on any atom is 0.318 e. The minimum absolute atomic E-state index is 0.0565. The highest BCUT2D eigenvalue weighted by Crippen LogP contribution is 2.29. The lowest BCUT2D eigenvalue weighted by molar-refractivity contribution is 0.186. The van der Waals surface area contributed by atoms with Gasteiger partial charge in [0.15, 0.2) is 0 Å². The summed E-state index contributed by atoms with van der Waals surface area (Å²) >= 11 is 0. The molecule has 1 saturated heterocycles. The predicted molar refractivity (Wildman–Crippen MR) is 119 cm³/mol. The summed E-state index contributed by atoms with van der Waals surface area (Å²) in [6.07, 6.45) is 2.54. The number of amides is 2. The van der Waals surface area contributed by atoms with E-state index < -0.39 is 12.5 Å². The average Bonchev–Trinajstić information content (AvgIpc) is 3.12. The van der Waals surface area contributed by atoms with Gasteiger partial charge >= 0.3 is 6.03 Å². The highest BCUT2D eigenvalue weighted by molar-refractivity contribution is 5.75. The number of rotatable bonds is 5. The van der Waals surface area contributed by atoms with Crippen LogP contribution < -0.4 is 10.6 Å². The van der Waals surface area contributed by atoms with Crippen molar-refractivity contribution in [1.29, 1.82) is 0 Å². The molecular formula is C23H30F2N6O. The Morgan fingerprint density at radius 3 is 2.84 bits per heavy atom. The van der Waals surface area contributed by atoms with Crippen LogP contribution in [-0.2, 0) is 19.6 Å². The van der Waals surface area contributed by atoms with E-state index in [1.165, 1.54) is 12.1 Å². The molecule has 2 atom stereocenters. The van der Waals surface area contributed by atoms with Crippen molar-refractivity contribution in [3.63, 3.8) is 0 Å². The van der Waals surface area contributed by atoms with Crippen molar-refractivity contribution in [3.8, 4) is 0 Å². The number of aromatic nitrogens is 2. The number of hydrogen-bond acceptors (Lipinski definition) is 5. The van der Waals surface area contributed by atoms with E-state index in [1.54, 1.807) is 11.0 Å². The first-order chi connectivity index (χ1) is 15.3. The normalized spacial score (nSPS) is 21.0. The predicted octanol–water partition coefficient (Wildman–Crippen LogP) is 3.07. The number of carbonyl (C=O) groups excluding carboxylic acids is 1. The van der Waals surface area contributed by atoms with Crippen molar-refractivity contribution in [2.45, 2.75) is 51.5 Å². The van der Waals surface area contributed by atoms with E-state index in [0.717, 1.165) is 16.8 Å². The maximum absolute atomic E-state index is 14.2. The first-order valence-corrected chi connectivity index (χ1v) is 11.0. The summed E-state index contributed by atoms with van der Waals surface area (Å²) in [5.74, 6) is -0.0339. The van der Waals surface area contributed by atoms with Crippen LogP contribution in [-0.4, -0.2) is 64.6 Å². The van der Waals surface area contributed by atoms with Crippen molar-refractivity contribution in [2.24, 2.45) is 0 Å². The molecule has 4 rings (SSSR count). The largest absolute Gasteiger partial charge is 0.352 e. The second-order valence-electron chi connectivity index (χ2n) is 9.00. The lowest BCUT2D eigenvalue weighted by atomic mass is 9.93. The Bertz CT molecular complexity index is 985. The molecule has 1 fully saturated rings. The topological polar surface area (TPSA) is 73.4 Å².